The second-order valence-corrected chi connectivity index (χ2v) is 6.56. The van der Waals surface area contributed by atoms with Gasteiger partial charge in [0, 0.05) is 5.56 Å². The molecule has 0 bridgehead atoms. The van der Waals surface area contributed by atoms with Crippen molar-refractivity contribution in [2.45, 2.75) is 19.7 Å². The summed E-state index contributed by atoms with van der Waals surface area (Å²) in [6.45, 7) is 1.68. The van der Waals surface area contributed by atoms with Gasteiger partial charge in [-0.1, -0.05) is 30.3 Å². The van der Waals surface area contributed by atoms with Crippen molar-refractivity contribution in [2.75, 3.05) is 7.11 Å². The summed E-state index contributed by atoms with van der Waals surface area (Å²) in [5, 5.41) is 11.1. The fourth-order valence-corrected chi connectivity index (χ4v) is 2.96. The van der Waals surface area contributed by atoms with E-state index in [-0.39, 0.29) is 23.8 Å². The van der Waals surface area contributed by atoms with Gasteiger partial charge < -0.3 is 32.3 Å². The van der Waals surface area contributed by atoms with Crippen molar-refractivity contribution in [3.05, 3.63) is 94.8 Å². The predicted octanol–water partition coefficient (Wildman–Crippen LogP) is 0.379. The van der Waals surface area contributed by atoms with Gasteiger partial charge in [0.2, 0.25) is 0 Å². The van der Waals surface area contributed by atoms with Gasteiger partial charge in [0.15, 0.2) is 11.5 Å². The van der Waals surface area contributed by atoms with Crippen LogP contribution < -0.4 is 27.2 Å². The van der Waals surface area contributed by atoms with E-state index in [1.54, 1.807) is 31.4 Å². The average molecular weight is 432 g/mol. The van der Waals surface area contributed by atoms with Gasteiger partial charge in [-0.15, -0.1) is 0 Å². The molecule has 158 valence electrons. The van der Waals surface area contributed by atoms with E-state index in [1.165, 1.54) is 12.1 Å². The Labute approximate surface area is 180 Å². The largest absolute Gasteiger partial charge is 1.00 e. The van der Waals surface area contributed by atoms with Gasteiger partial charge in [-0.2, -0.15) is 0 Å². The third-order valence-electron chi connectivity index (χ3n) is 4.52. The Bertz CT molecular complexity index is 962. The van der Waals surface area contributed by atoms with Crippen molar-refractivity contribution in [2.24, 2.45) is 0 Å². The minimum absolute atomic E-state index is 0. The molecule has 0 aliphatic heterocycles. The molecule has 3 aromatic rings. The number of para-hydroxylation sites is 1. The average Bonchev–Trinajstić information content (AvgIpc) is 2.74. The lowest BCUT2D eigenvalue weighted by Gasteiger charge is -2.14. The molecule has 0 aromatic heterocycles. The Balaban J connectivity index is 0.00000320. The van der Waals surface area contributed by atoms with Crippen LogP contribution in [0.3, 0.4) is 0 Å². The Morgan fingerprint density at radius 2 is 1.63 bits per heavy atom. The maximum Gasteiger partial charge on any atom is 0.335 e. The fraction of sp³-hybridized carbons (Fsp3) is 0.174. The molecule has 0 heterocycles. The Kier molecular flexibility index (Phi) is 8.65. The lowest BCUT2D eigenvalue weighted by molar-refractivity contribution is -0.686. The second-order valence-electron chi connectivity index (χ2n) is 6.56. The Morgan fingerprint density at radius 1 is 0.967 bits per heavy atom. The molecule has 0 radical (unpaired) electrons. The summed E-state index contributed by atoms with van der Waals surface area (Å²) in [6, 6.07) is 18.8. The highest BCUT2D eigenvalue weighted by Gasteiger charge is 2.13. The van der Waals surface area contributed by atoms with E-state index in [9.17, 15) is 9.18 Å². The highest BCUT2D eigenvalue weighted by atomic mass is 35.5. The number of hydrogen-bond acceptors (Lipinski definition) is 3. The normalized spacial score (nSPS) is 10.2. The van der Waals surface area contributed by atoms with Gasteiger partial charge in [-0.25, -0.2) is 9.18 Å². The number of rotatable bonds is 9. The molecule has 0 amide bonds. The molecular weight excluding hydrogens is 409 g/mol. The summed E-state index contributed by atoms with van der Waals surface area (Å²) in [5.41, 5.74) is 3.16. The molecule has 5 nitrogen and oxygen atoms in total. The van der Waals surface area contributed by atoms with E-state index in [2.05, 4.69) is 5.32 Å². The number of aromatic carboxylic acids is 1. The molecule has 7 heteroatoms. The van der Waals surface area contributed by atoms with Gasteiger partial charge in [0.1, 0.15) is 25.5 Å². The van der Waals surface area contributed by atoms with Crippen LogP contribution in [0.4, 0.5) is 4.39 Å². The first-order chi connectivity index (χ1) is 14.1. The number of benzene rings is 3. The first-order valence-corrected chi connectivity index (χ1v) is 9.24. The molecule has 0 atom stereocenters. The fourth-order valence-electron chi connectivity index (χ4n) is 2.96. The number of ether oxygens (including phenoxy) is 2. The van der Waals surface area contributed by atoms with Crippen molar-refractivity contribution in [3.63, 3.8) is 0 Å². The van der Waals surface area contributed by atoms with Crippen LogP contribution in [-0.4, -0.2) is 18.2 Å². The van der Waals surface area contributed by atoms with Crippen molar-refractivity contribution in [3.8, 4) is 11.5 Å². The van der Waals surface area contributed by atoms with Crippen LogP contribution in [-0.2, 0) is 19.7 Å². The molecule has 0 aliphatic rings. The van der Waals surface area contributed by atoms with E-state index in [0.29, 0.717) is 31.2 Å². The molecule has 3 aromatic carbocycles. The van der Waals surface area contributed by atoms with E-state index >= 15 is 0 Å². The molecule has 30 heavy (non-hydrogen) atoms. The maximum atomic E-state index is 13.1. The standard InChI is InChI=1S/C23H22FNO4.ClH/c1-28-21-4-2-3-19(22(21)29-15-17-7-11-20(24)12-8-17)14-25-13-16-5-9-18(10-6-16)23(26)27;/h2-12,25H,13-15H2,1H3,(H,26,27);1H. The lowest BCUT2D eigenvalue weighted by Crippen LogP contribution is -3.00. The zero-order valence-corrected chi connectivity index (χ0v) is 17.2. The number of hydrogen-bond donors (Lipinski definition) is 2. The number of methoxy groups -OCH3 is 1. The minimum atomic E-state index is -0.931. The molecule has 0 fully saturated rings. The number of carboxylic acids is 1. The van der Waals surface area contributed by atoms with Crippen LogP contribution in [0.15, 0.2) is 66.7 Å². The lowest BCUT2D eigenvalue weighted by atomic mass is 10.1. The highest BCUT2D eigenvalue weighted by molar-refractivity contribution is 5.87. The van der Waals surface area contributed by atoms with Crippen molar-refractivity contribution < 1.29 is 41.5 Å². The van der Waals surface area contributed by atoms with E-state index in [4.69, 9.17) is 14.6 Å². The monoisotopic (exact) mass is 431 g/mol. The first kappa shape index (κ1) is 23.2. The Hall–Kier alpha value is -3.09. The summed E-state index contributed by atoms with van der Waals surface area (Å²) < 4.78 is 24.5. The number of carboxylic acid groups (broad SMARTS) is 1. The van der Waals surface area contributed by atoms with Gasteiger partial charge in [0.05, 0.1) is 18.2 Å². The van der Waals surface area contributed by atoms with Crippen LogP contribution in [0.2, 0.25) is 0 Å². The quantitative estimate of drug-likeness (QED) is 0.514. The van der Waals surface area contributed by atoms with Crippen molar-refractivity contribution >= 4 is 5.97 Å². The zero-order valence-electron chi connectivity index (χ0n) is 16.5. The number of halogens is 2. The SMILES string of the molecule is COc1cccc(C[NH2+]Cc2ccc(C(=O)O)cc2)c1OCc1ccc(F)cc1.[Cl-]. The van der Waals surface area contributed by atoms with Crippen LogP contribution in [0.5, 0.6) is 11.5 Å². The van der Waals surface area contributed by atoms with Gasteiger partial charge in [-0.3, -0.25) is 0 Å². The number of quaternary nitrogens is 1. The predicted molar refractivity (Wildman–Crippen MR) is 106 cm³/mol. The first-order valence-electron chi connectivity index (χ1n) is 9.24. The van der Waals surface area contributed by atoms with Crippen molar-refractivity contribution in [1.82, 2.24) is 0 Å². The summed E-state index contributed by atoms with van der Waals surface area (Å²) in [6.07, 6.45) is 0. The Morgan fingerprint density at radius 3 is 2.27 bits per heavy atom. The molecular formula is C23H23ClFNO4. The smallest absolute Gasteiger partial charge is 0.335 e. The summed E-state index contributed by atoms with van der Waals surface area (Å²) in [5.74, 6) is 0.0956. The number of carbonyl (C=O) groups is 1. The molecule has 3 N–H and O–H groups in total. The summed E-state index contributed by atoms with van der Waals surface area (Å²) in [7, 11) is 1.59. The molecule has 0 spiro atoms. The zero-order chi connectivity index (χ0) is 20.6. The molecule has 3 rings (SSSR count). The van der Waals surface area contributed by atoms with Gasteiger partial charge in [0.25, 0.3) is 0 Å². The third-order valence-corrected chi connectivity index (χ3v) is 4.52. The van der Waals surface area contributed by atoms with Crippen LogP contribution in [0.1, 0.15) is 27.0 Å². The van der Waals surface area contributed by atoms with Gasteiger partial charge in [-0.05, 0) is 42.0 Å². The van der Waals surface area contributed by atoms with E-state index in [1.807, 2.05) is 30.3 Å². The van der Waals surface area contributed by atoms with E-state index < -0.39 is 5.97 Å². The summed E-state index contributed by atoms with van der Waals surface area (Å²) in [4.78, 5) is 10.9. The maximum absolute atomic E-state index is 13.1. The van der Waals surface area contributed by atoms with E-state index in [0.717, 1.165) is 16.7 Å². The molecule has 0 aliphatic carbocycles. The van der Waals surface area contributed by atoms with Gasteiger partial charge >= 0.3 is 5.97 Å². The minimum Gasteiger partial charge on any atom is -1.00 e. The third kappa shape index (κ3) is 6.20. The molecule has 0 saturated heterocycles. The highest BCUT2D eigenvalue weighted by Crippen LogP contribution is 2.31. The topological polar surface area (TPSA) is 72.4 Å². The van der Waals surface area contributed by atoms with Crippen LogP contribution >= 0.6 is 0 Å². The number of nitrogens with two attached hydrogens (primary N) is 1. The second kappa shape index (κ2) is 11.2. The molecule has 0 saturated carbocycles. The summed E-state index contributed by atoms with van der Waals surface area (Å²) >= 11 is 0. The van der Waals surface area contributed by atoms with Crippen LogP contribution in [0, 0.1) is 5.82 Å². The molecule has 0 unspecified atom stereocenters. The van der Waals surface area contributed by atoms with Crippen molar-refractivity contribution in [1.29, 1.82) is 0 Å². The van der Waals surface area contributed by atoms with Crippen LogP contribution in [0.25, 0.3) is 0 Å².